The van der Waals surface area contributed by atoms with Crippen molar-refractivity contribution < 1.29 is 18.7 Å². The summed E-state index contributed by atoms with van der Waals surface area (Å²) in [7, 11) is 0. The molecular formula is C15H12Cl2F2N2O2. The number of anilines is 1. The number of rotatable bonds is 4. The minimum Gasteiger partial charge on any atom is -0.387 e. The molecule has 0 radical (unpaired) electrons. The molecule has 23 heavy (non-hydrogen) atoms. The standard InChI is InChI=1S/C15H12Cl2F2N2O2/c16-10-3-2-9(6-11(10)17)21-15(23)20-7-14(22)8-1-4-12(18)13(19)5-8/h1-6,14,22H,7H2,(H2,20,21,23). The van der Waals surface area contributed by atoms with Crippen molar-refractivity contribution in [2.75, 3.05) is 11.9 Å². The second-order valence-corrected chi connectivity index (χ2v) is 5.47. The fourth-order valence-electron chi connectivity index (χ4n) is 1.78. The Morgan fingerprint density at radius 1 is 1.09 bits per heavy atom. The van der Waals surface area contributed by atoms with Crippen molar-refractivity contribution in [1.29, 1.82) is 0 Å². The lowest BCUT2D eigenvalue weighted by Crippen LogP contribution is -2.32. The number of nitrogens with one attached hydrogen (secondary N) is 2. The maximum Gasteiger partial charge on any atom is 0.319 e. The second kappa shape index (κ2) is 7.59. The molecule has 2 aromatic carbocycles. The van der Waals surface area contributed by atoms with Crippen LogP contribution in [0.1, 0.15) is 11.7 Å². The van der Waals surface area contributed by atoms with Crippen LogP contribution in [0.5, 0.6) is 0 Å². The van der Waals surface area contributed by atoms with Crippen molar-refractivity contribution in [3.05, 3.63) is 63.6 Å². The Balaban J connectivity index is 1.90. The van der Waals surface area contributed by atoms with Crippen molar-refractivity contribution in [3.8, 4) is 0 Å². The smallest absolute Gasteiger partial charge is 0.319 e. The number of urea groups is 1. The van der Waals surface area contributed by atoms with Gasteiger partial charge in [-0.15, -0.1) is 0 Å². The zero-order chi connectivity index (χ0) is 17.0. The Kier molecular flexibility index (Phi) is 5.76. The zero-order valence-electron chi connectivity index (χ0n) is 11.6. The molecule has 0 fully saturated rings. The normalized spacial score (nSPS) is 11.9. The van der Waals surface area contributed by atoms with Crippen LogP contribution in [0.2, 0.25) is 10.0 Å². The Hall–Kier alpha value is -1.89. The van der Waals surface area contributed by atoms with Gasteiger partial charge in [-0.05, 0) is 35.9 Å². The van der Waals surface area contributed by atoms with Gasteiger partial charge in [0.15, 0.2) is 11.6 Å². The largest absolute Gasteiger partial charge is 0.387 e. The van der Waals surface area contributed by atoms with Crippen molar-refractivity contribution in [3.63, 3.8) is 0 Å². The van der Waals surface area contributed by atoms with E-state index in [-0.39, 0.29) is 17.1 Å². The van der Waals surface area contributed by atoms with E-state index in [0.717, 1.165) is 12.1 Å². The van der Waals surface area contributed by atoms with Crippen molar-refractivity contribution >= 4 is 34.9 Å². The third kappa shape index (κ3) is 4.79. The van der Waals surface area contributed by atoms with Gasteiger partial charge in [-0.1, -0.05) is 29.3 Å². The summed E-state index contributed by atoms with van der Waals surface area (Å²) in [6.07, 6.45) is -1.18. The van der Waals surface area contributed by atoms with E-state index in [2.05, 4.69) is 10.6 Å². The van der Waals surface area contributed by atoms with E-state index in [1.807, 2.05) is 0 Å². The highest BCUT2D eigenvalue weighted by molar-refractivity contribution is 6.42. The average molecular weight is 361 g/mol. The molecule has 2 aromatic rings. The van der Waals surface area contributed by atoms with E-state index < -0.39 is 23.8 Å². The summed E-state index contributed by atoms with van der Waals surface area (Å²) in [4.78, 5) is 11.7. The van der Waals surface area contributed by atoms with Gasteiger partial charge in [-0.3, -0.25) is 0 Å². The lowest BCUT2D eigenvalue weighted by Gasteiger charge is -2.13. The summed E-state index contributed by atoms with van der Waals surface area (Å²) in [5, 5.41) is 15.4. The van der Waals surface area contributed by atoms with Crippen molar-refractivity contribution in [2.24, 2.45) is 0 Å². The highest BCUT2D eigenvalue weighted by atomic mass is 35.5. The van der Waals surface area contributed by atoms with E-state index in [4.69, 9.17) is 23.2 Å². The van der Waals surface area contributed by atoms with Gasteiger partial charge in [0.2, 0.25) is 0 Å². The Labute approximate surface area is 141 Å². The molecule has 1 atom stereocenters. The van der Waals surface area contributed by atoms with Gasteiger partial charge >= 0.3 is 6.03 Å². The number of carbonyl (C=O) groups is 1. The summed E-state index contributed by atoms with van der Waals surface area (Å²) >= 11 is 11.6. The van der Waals surface area contributed by atoms with Crippen molar-refractivity contribution in [2.45, 2.75) is 6.10 Å². The third-order valence-corrected chi connectivity index (χ3v) is 3.70. The molecule has 2 amide bonds. The molecule has 0 aliphatic rings. The van der Waals surface area contributed by atoms with Crippen LogP contribution in [-0.4, -0.2) is 17.7 Å². The molecule has 122 valence electrons. The molecule has 0 aliphatic carbocycles. The summed E-state index contributed by atoms with van der Waals surface area (Å²) in [6, 6.07) is 6.97. The first-order valence-electron chi connectivity index (χ1n) is 6.49. The second-order valence-electron chi connectivity index (χ2n) is 4.65. The minimum atomic E-state index is -1.18. The molecule has 0 saturated heterocycles. The maximum absolute atomic E-state index is 13.1. The van der Waals surface area contributed by atoms with E-state index in [9.17, 15) is 18.7 Å². The van der Waals surface area contributed by atoms with Gasteiger partial charge in [0.05, 0.1) is 16.1 Å². The van der Waals surface area contributed by atoms with Crippen LogP contribution in [-0.2, 0) is 0 Å². The Morgan fingerprint density at radius 3 is 2.48 bits per heavy atom. The summed E-state index contributed by atoms with van der Waals surface area (Å²) < 4.78 is 25.9. The van der Waals surface area contributed by atoms with E-state index in [1.165, 1.54) is 18.2 Å². The topological polar surface area (TPSA) is 61.4 Å². The van der Waals surface area contributed by atoms with Crippen LogP contribution < -0.4 is 10.6 Å². The molecule has 0 heterocycles. The van der Waals surface area contributed by atoms with Crippen LogP contribution in [0.3, 0.4) is 0 Å². The maximum atomic E-state index is 13.1. The first kappa shape index (κ1) is 17.5. The first-order valence-corrected chi connectivity index (χ1v) is 7.25. The number of aliphatic hydroxyl groups excluding tert-OH is 1. The van der Waals surface area contributed by atoms with Crippen LogP contribution in [0.25, 0.3) is 0 Å². The third-order valence-electron chi connectivity index (χ3n) is 2.96. The van der Waals surface area contributed by atoms with Gasteiger partial charge < -0.3 is 15.7 Å². The van der Waals surface area contributed by atoms with E-state index >= 15 is 0 Å². The van der Waals surface area contributed by atoms with Gasteiger partial charge in [0.25, 0.3) is 0 Å². The number of hydrogen-bond donors (Lipinski definition) is 3. The molecule has 3 N–H and O–H groups in total. The van der Waals surface area contributed by atoms with Crippen molar-refractivity contribution in [1.82, 2.24) is 5.32 Å². The molecule has 0 saturated carbocycles. The SMILES string of the molecule is O=C(NCC(O)c1ccc(F)c(F)c1)Nc1ccc(Cl)c(Cl)c1. The average Bonchev–Trinajstić information content (AvgIpc) is 2.51. The number of benzene rings is 2. The van der Waals surface area contributed by atoms with Crippen LogP contribution in [0.4, 0.5) is 19.3 Å². The number of aliphatic hydroxyl groups is 1. The van der Waals surface area contributed by atoms with Crippen LogP contribution in [0.15, 0.2) is 36.4 Å². The molecular weight excluding hydrogens is 349 g/mol. The quantitative estimate of drug-likeness (QED) is 0.767. The molecule has 4 nitrogen and oxygen atoms in total. The lowest BCUT2D eigenvalue weighted by atomic mass is 10.1. The van der Waals surface area contributed by atoms with Gasteiger partial charge in [-0.2, -0.15) is 0 Å². The predicted octanol–water partition coefficient (Wildman–Crippen LogP) is 4.13. The lowest BCUT2D eigenvalue weighted by molar-refractivity contribution is 0.174. The number of amides is 2. The first-order chi connectivity index (χ1) is 10.9. The Morgan fingerprint density at radius 2 is 1.83 bits per heavy atom. The molecule has 1 unspecified atom stereocenters. The van der Waals surface area contributed by atoms with Gasteiger partial charge in [-0.25, -0.2) is 13.6 Å². The van der Waals surface area contributed by atoms with E-state index in [1.54, 1.807) is 6.07 Å². The molecule has 0 aromatic heterocycles. The summed E-state index contributed by atoms with van der Waals surface area (Å²) in [6.45, 7) is -0.182. The highest BCUT2D eigenvalue weighted by Gasteiger charge is 2.12. The summed E-state index contributed by atoms with van der Waals surface area (Å²) in [5.74, 6) is -2.08. The molecule has 0 spiro atoms. The minimum absolute atomic E-state index is 0.152. The van der Waals surface area contributed by atoms with Crippen LogP contribution in [0, 0.1) is 11.6 Å². The fraction of sp³-hybridized carbons (Fsp3) is 0.133. The molecule has 8 heteroatoms. The van der Waals surface area contributed by atoms with Crippen LogP contribution >= 0.6 is 23.2 Å². The molecule has 0 aliphatic heterocycles. The van der Waals surface area contributed by atoms with E-state index in [0.29, 0.717) is 10.7 Å². The van der Waals surface area contributed by atoms with Gasteiger partial charge in [0.1, 0.15) is 0 Å². The zero-order valence-corrected chi connectivity index (χ0v) is 13.1. The number of carbonyl (C=O) groups excluding carboxylic acids is 1. The fourth-order valence-corrected chi connectivity index (χ4v) is 2.07. The highest BCUT2D eigenvalue weighted by Crippen LogP contribution is 2.25. The predicted molar refractivity (Wildman–Crippen MR) is 84.8 cm³/mol. The summed E-state index contributed by atoms with van der Waals surface area (Å²) in [5.41, 5.74) is 0.568. The monoisotopic (exact) mass is 360 g/mol. The number of halogens is 4. The molecule has 2 rings (SSSR count). The molecule has 0 bridgehead atoms. The van der Waals surface area contributed by atoms with Gasteiger partial charge in [0, 0.05) is 12.2 Å². The number of hydrogen-bond acceptors (Lipinski definition) is 2. The Bertz CT molecular complexity index is 729.